The van der Waals surface area contributed by atoms with Crippen molar-refractivity contribution in [1.82, 2.24) is 20.3 Å². The quantitative estimate of drug-likeness (QED) is 0.301. The first-order valence-electron chi connectivity index (χ1n) is 10.4. The van der Waals surface area contributed by atoms with Crippen molar-refractivity contribution < 1.29 is 12.8 Å². The third-order valence-corrected chi connectivity index (χ3v) is 6.46. The fraction of sp³-hybridized carbons (Fsp3) is 0.476. The monoisotopic (exact) mass is 433 g/mol. The van der Waals surface area contributed by atoms with Crippen LogP contribution in [0.3, 0.4) is 0 Å². The van der Waals surface area contributed by atoms with Crippen LogP contribution in [0.5, 0.6) is 0 Å². The molecule has 1 unspecified atom stereocenters. The van der Waals surface area contributed by atoms with E-state index in [4.69, 9.17) is 9.41 Å². The van der Waals surface area contributed by atoms with Crippen LogP contribution >= 0.6 is 0 Å². The molecule has 0 saturated carbocycles. The van der Waals surface area contributed by atoms with Crippen molar-refractivity contribution in [3.05, 3.63) is 54.5 Å². The molecule has 30 heavy (non-hydrogen) atoms. The molecule has 8 nitrogen and oxygen atoms in total. The molecule has 1 saturated heterocycles. The minimum atomic E-state index is -3.51. The van der Waals surface area contributed by atoms with Crippen LogP contribution in [0.25, 0.3) is 0 Å². The van der Waals surface area contributed by atoms with E-state index in [0.29, 0.717) is 19.0 Å². The van der Waals surface area contributed by atoms with Crippen LogP contribution in [-0.4, -0.2) is 58.5 Å². The van der Waals surface area contributed by atoms with Gasteiger partial charge in [0.05, 0.1) is 23.7 Å². The van der Waals surface area contributed by atoms with Gasteiger partial charge in [0.15, 0.2) is 5.96 Å². The highest BCUT2D eigenvalue weighted by Gasteiger charge is 2.25. The lowest BCUT2D eigenvalue weighted by Gasteiger charge is -2.24. The normalized spacial score (nSPS) is 16.5. The predicted octanol–water partition coefficient (Wildman–Crippen LogP) is 1.95. The van der Waals surface area contributed by atoms with Gasteiger partial charge >= 0.3 is 0 Å². The zero-order valence-corrected chi connectivity index (χ0v) is 18.2. The molecule has 0 bridgehead atoms. The SMILES string of the molecule is CCNC(=NCC(c1ccco1)N1CCCC1)NCCNS(=O)(=O)c1ccccc1. The largest absolute Gasteiger partial charge is 0.468 e. The van der Waals surface area contributed by atoms with Crippen LogP contribution < -0.4 is 15.4 Å². The Morgan fingerprint density at radius 2 is 1.87 bits per heavy atom. The average molecular weight is 434 g/mol. The molecule has 0 spiro atoms. The van der Waals surface area contributed by atoms with Crippen LogP contribution in [0, 0.1) is 0 Å². The van der Waals surface area contributed by atoms with Crippen LogP contribution in [0.15, 0.2) is 63.0 Å². The first kappa shape index (κ1) is 22.3. The molecule has 1 fully saturated rings. The Hall–Kier alpha value is -2.36. The summed E-state index contributed by atoms with van der Waals surface area (Å²) in [6.07, 6.45) is 4.09. The lowest BCUT2D eigenvalue weighted by molar-refractivity contribution is 0.221. The Morgan fingerprint density at radius 3 is 2.53 bits per heavy atom. The topological polar surface area (TPSA) is 99.0 Å². The fourth-order valence-corrected chi connectivity index (χ4v) is 4.54. The van der Waals surface area contributed by atoms with Gasteiger partial charge in [0.25, 0.3) is 0 Å². The van der Waals surface area contributed by atoms with Crippen LogP contribution in [0.2, 0.25) is 0 Å². The molecule has 1 aromatic carbocycles. The van der Waals surface area contributed by atoms with Gasteiger partial charge in [-0.3, -0.25) is 9.89 Å². The molecule has 0 radical (unpaired) electrons. The smallest absolute Gasteiger partial charge is 0.240 e. The van der Waals surface area contributed by atoms with E-state index >= 15 is 0 Å². The maximum Gasteiger partial charge on any atom is 0.240 e. The van der Waals surface area contributed by atoms with Gasteiger partial charge in [0, 0.05) is 19.6 Å². The molecule has 1 aliphatic heterocycles. The van der Waals surface area contributed by atoms with Gasteiger partial charge in [0.1, 0.15) is 5.76 Å². The van der Waals surface area contributed by atoms with E-state index in [0.717, 1.165) is 25.4 Å². The van der Waals surface area contributed by atoms with Gasteiger partial charge in [-0.05, 0) is 57.1 Å². The number of likely N-dealkylation sites (tertiary alicyclic amines) is 1. The Labute approximate surface area is 178 Å². The highest BCUT2D eigenvalue weighted by molar-refractivity contribution is 7.89. The number of furan rings is 1. The highest BCUT2D eigenvalue weighted by Crippen LogP contribution is 2.25. The van der Waals surface area contributed by atoms with Crippen molar-refractivity contribution in [2.75, 3.05) is 39.3 Å². The molecular formula is C21H31N5O3S. The minimum Gasteiger partial charge on any atom is -0.468 e. The Morgan fingerprint density at radius 1 is 1.10 bits per heavy atom. The number of guanidine groups is 1. The number of hydrogen-bond acceptors (Lipinski definition) is 5. The molecule has 1 aliphatic rings. The number of hydrogen-bond donors (Lipinski definition) is 3. The van der Waals surface area contributed by atoms with Crippen LogP contribution in [0.1, 0.15) is 31.6 Å². The first-order chi connectivity index (χ1) is 14.6. The van der Waals surface area contributed by atoms with Crippen molar-refractivity contribution in [3.8, 4) is 0 Å². The Bertz CT molecular complexity index is 879. The third kappa shape index (κ3) is 6.32. The first-order valence-corrected chi connectivity index (χ1v) is 11.9. The third-order valence-electron chi connectivity index (χ3n) is 4.98. The Balaban J connectivity index is 1.55. The van der Waals surface area contributed by atoms with Crippen molar-refractivity contribution in [3.63, 3.8) is 0 Å². The Kier molecular flexibility index (Phi) is 8.30. The zero-order valence-electron chi connectivity index (χ0n) is 17.4. The number of benzene rings is 1. The van der Waals surface area contributed by atoms with E-state index in [1.54, 1.807) is 36.6 Å². The summed E-state index contributed by atoms with van der Waals surface area (Å²) >= 11 is 0. The van der Waals surface area contributed by atoms with Crippen molar-refractivity contribution >= 4 is 16.0 Å². The molecule has 1 atom stereocenters. The zero-order chi connectivity index (χ0) is 21.2. The standard InChI is InChI=1S/C21H31N5O3S/c1-2-22-21(23-12-13-25-30(27,28)18-9-4-3-5-10-18)24-17-19(20-11-8-16-29-20)26-14-6-7-15-26/h3-5,8-11,16,19,25H,2,6-7,12-15,17H2,1H3,(H2,22,23,24). The summed E-state index contributed by atoms with van der Waals surface area (Å²) in [5.41, 5.74) is 0. The summed E-state index contributed by atoms with van der Waals surface area (Å²) in [5.74, 6) is 1.58. The van der Waals surface area contributed by atoms with E-state index < -0.39 is 10.0 Å². The van der Waals surface area contributed by atoms with E-state index in [9.17, 15) is 8.42 Å². The van der Waals surface area contributed by atoms with E-state index in [-0.39, 0.29) is 17.5 Å². The van der Waals surface area contributed by atoms with Gasteiger partial charge in [-0.1, -0.05) is 18.2 Å². The number of nitrogens with one attached hydrogen (secondary N) is 3. The molecule has 2 aromatic rings. The second-order valence-electron chi connectivity index (χ2n) is 7.13. The van der Waals surface area contributed by atoms with Gasteiger partial charge in [-0.25, -0.2) is 13.1 Å². The maximum atomic E-state index is 12.3. The molecule has 3 N–H and O–H groups in total. The number of nitrogens with zero attached hydrogens (tertiary/aromatic N) is 2. The van der Waals surface area contributed by atoms with Crippen molar-refractivity contribution in [2.45, 2.75) is 30.7 Å². The molecule has 164 valence electrons. The molecule has 0 aliphatic carbocycles. The molecule has 0 amide bonds. The number of rotatable bonds is 10. The summed E-state index contributed by atoms with van der Waals surface area (Å²) in [4.78, 5) is 7.39. The lowest BCUT2D eigenvalue weighted by atomic mass is 10.2. The van der Waals surface area contributed by atoms with Gasteiger partial charge in [-0.15, -0.1) is 0 Å². The van der Waals surface area contributed by atoms with E-state index in [1.807, 2.05) is 19.1 Å². The van der Waals surface area contributed by atoms with E-state index in [1.165, 1.54) is 12.8 Å². The highest BCUT2D eigenvalue weighted by atomic mass is 32.2. The maximum absolute atomic E-state index is 12.3. The van der Waals surface area contributed by atoms with Gasteiger partial charge < -0.3 is 15.1 Å². The molecule has 1 aromatic heterocycles. The molecule has 2 heterocycles. The summed E-state index contributed by atoms with van der Waals surface area (Å²) in [6.45, 7) is 6.07. The summed E-state index contributed by atoms with van der Waals surface area (Å²) < 4.78 is 32.8. The molecule has 9 heteroatoms. The fourth-order valence-electron chi connectivity index (χ4n) is 3.49. The predicted molar refractivity (Wildman–Crippen MR) is 118 cm³/mol. The van der Waals surface area contributed by atoms with Gasteiger partial charge in [0.2, 0.25) is 10.0 Å². The second-order valence-corrected chi connectivity index (χ2v) is 8.90. The average Bonchev–Trinajstić information content (AvgIpc) is 3.47. The van der Waals surface area contributed by atoms with Crippen molar-refractivity contribution in [2.24, 2.45) is 4.99 Å². The van der Waals surface area contributed by atoms with Gasteiger partial charge in [-0.2, -0.15) is 0 Å². The lowest BCUT2D eigenvalue weighted by Crippen LogP contribution is -2.42. The van der Waals surface area contributed by atoms with Crippen LogP contribution in [-0.2, 0) is 10.0 Å². The number of sulfonamides is 1. The minimum absolute atomic E-state index is 0.106. The number of aliphatic imine (C=N–C) groups is 1. The van der Waals surface area contributed by atoms with Crippen LogP contribution in [0.4, 0.5) is 0 Å². The summed E-state index contributed by atoms with van der Waals surface area (Å²) in [5, 5.41) is 6.41. The summed E-state index contributed by atoms with van der Waals surface area (Å²) in [6, 6.07) is 12.4. The second kappa shape index (κ2) is 11.1. The molecular weight excluding hydrogens is 402 g/mol. The van der Waals surface area contributed by atoms with Crippen molar-refractivity contribution in [1.29, 1.82) is 0 Å². The van der Waals surface area contributed by atoms with E-state index in [2.05, 4.69) is 20.3 Å². The summed E-state index contributed by atoms with van der Waals surface area (Å²) in [7, 11) is -3.51. The molecule has 3 rings (SSSR count).